The lowest BCUT2D eigenvalue weighted by Gasteiger charge is -2.30. The predicted molar refractivity (Wildman–Crippen MR) is 77.0 cm³/mol. The summed E-state index contributed by atoms with van der Waals surface area (Å²) in [4.78, 5) is 12.0. The molecule has 0 aromatic carbocycles. The lowest BCUT2D eigenvalue weighted by Crippen LogP contribution is -2.53. The molecule has 0 bridgehead atoms. The van der Waals surface area contributed by atoms with Gasteiger partial charge in [0.05, 0.1) is 13.2 Å². The predicted octanol–water partition coefficient (Wildman–Crippen LogP) is 1.81. The van der Waals surface area contributed by atoms with Crippen molar-refractivity contribution in [3.05, 3.63) is 0 Å². The van der Waals surface area contributed by atoms with E-state index in [1.807, 2.05) is 27.7 Å². The van der Waals surface area contributed by atoms with Crippen LogP contribution in [0.2, 0.25) is 0 Å². The van der Waals surface area contributed by atoms with Crippen molar-refractivity contribution < 1.29 is 14.6 Å². The highest BCUT2D eigenvalue weighted by Crippen LogP contribution is 2.18. The lowest BCUT2D eigenvalue weighted by atomic mass is 9.95. The summed E-state index contributed by atoms with van der Waals surface area (Å²) in [7, 11) is 0. The summed E-state index contributed by atoms with van der Waals surface area (Å²) in [5, 5.41) is 12.0. The number of thioether (sulfide) groups is 1. The number of aliphatic hydroxyl groups excluding tert-OH is 1. The minimum absolute atomic E-state index is 0.175. The number of nitrogens with one attached hydrogen (secondary N) is 1. The van der Waals surface area contributed by atoms with Crippen molar-refractivity contribution in [3.63, 3.8) is 0 Å². The van der Waals surface area contributed by atoms with E-state index in [0.29, 0.717) is 6.61 Å². The van der Waals surface area contributed by atoms with E-state index in [0.717, 1.165) is 24.3 Å². The van der Waals surface area contributed by atoms with E-state index < -0.39 is 5.54 Å². The SMILES string of the molecule is CCOC(=O)C(C)(CCCSCCO)NC(C)C. The normalized spacial score (nSPS) is 14.6. The van der Waals surface area contributed by atoms with Crippen LogP contribution in [-0.2, 0) is 9.53 Å². The molecule has 1 atom stereocenters. The fourth-order valence-corrected chi connectivity index (χ4v) is 2.54. The lowest BCUT2D eigenvalue weighted by molar-refractivity contribution is -0.151. The van der Waals surface area contributed by atoms with Crippen LogP contribution in [0.25, 0.3) is 0 Å². The topological polar surface area (TPSA) is 58.6 Å². The zero-order chi connectivity index (χ0) is 14.0. The molecule has 108 valence electrons. The van der Waals surface area contributed by atoms with Gasteiger partial charge in [-0.2, -0.15) is 11.8 Å². The first kappa shape index (κ1) is 17.7. The van der Waals surface area contributed by atoms with Crippen LogP contribution in [0.3, 0.4) is 0 Å². The summed E-state index contributed by atoms with van der Waals surface area (Å²) < 4.78 is 5.14. The van der Waals surface area contributed by atoms with Crippen LogP contribution in [0.4, 0.5) is 0 Å². The first-order chi connectivity index (χ1) is 8.46. The largest absolute Gasteiger partial charge is 0.465 e. The number of rotatable bonds is 10. The average Bonchev–Trinajstić information content (AvgIpc) is 2.28. The Kier molecular flexibility index (Phi) is 9.50. The molecule has 0 fully saturated rings. The Morgan fingerprint density at radius 3 is 2.61 bits per heavy atom. The first-order valence-corrected chi connectivity index (χ1v) is 7.75. The highest BCUT2D eigenvalue weighted by Gasteiger charge is 2.34. The maximum Gasteiger partial charge on any atom is 0.326 e. The molecule has 4 nitrogen and oxygen atoms in total. The molecule has 0 aromatic rings. The third-order valence-corrected chi connectivity index (χ3v) is 3.58. The van der Waals surface area contributed by atoms with E-state index >= 15 is 0 Å². The molecule has 0 aliphatic carbocycles. The van der Waals surface area contributed by atoms with Gasteiger partial charge >= 0.3 is 5.97 Å². The Hall–Kier alpha value is -0.260. The van der Waals surface area contributed by atoms with Gasteiger partial charge in [0.15, 0.2) is 0 Å². The van der Waals surface area contributed by atoms with Crippen LogP contribution >= 0.6 is 11.8 Å². The van der Waals surface area contributed by atoms with E-state index in [-0.39, 0.29) is 18.6 Å². The summed E-state index contributed by atoms with van der Waals surface area (Å²) in [5.41, 5.74) is -0.607. The summed E-state index contributed by atoms with van der Waals surface area (Å²) in [5.74, 6) is 1.54. The van der Waals surface area contributed by atoms with Crippen molar-refractivity contribution >= 4 is 17.7 Å². The maximum atomic E-state index is 12.0. The Morgan fingerprint density at radius 1 is 1.44 bits per heavy atom. The van der Waals surface area contributed by atoms with Crippen molar-refractivity contribution in [3.8, 4) is 0 Å². The van der Waals surface area contributed by atoms with Crippen molar-refractivity contribution in [1.82, 2.24) is 5.32 Å². The molecule has 0 aliphatic heterocycles. The van der Waals surface area contributed by atoms with Gasteiger partial charge in [-0.25, -0.2) is 0 Å². The molecule has 0 saturated carbocycles. The van der Waals surface area contributed by atoms with Gasteiger partial charge in [0.2, 0.25) is 0 Å². The van der Waals surface area contributed by atoms with Crippen molar-refractivity contribution in [2.45, 2.75) is 52.1 Å². The van der Waals surface area contributed by atoms with Crippen molar-refractivity contribution in [1.29, 1.82) is 0 Å². The molecule has 18 heavy (non-hydrogen) atoms. The minimum atomic E-state index is -0.607. The number of aliphatic hydroxyl groups is 1. The average molecular weight is 277 g/mol. The number of carbonyl (C=O) groups excluding carboxylic acids is 1. The molecule has 0 aliphatic rings. The highest BCUT2D eigenvalue weighted by molar-refractivity contribution is 7.99. The Morgan fingerprint density at radius 2 is 2.11 bits per heavy atom. The molecule has 2 N–H and O–H groups in total. The van der Waals surface area contributed by atoms with Crippen molar-refractivity contribution in [2.75, 3.05) is 24.7 Å². The fourth-order valence-electron chi connectivity index (χ4n) is 1.86. The van der Waals surface area contributed by atoms with Gasteiger partial charge in [0.25, 0.3) is 0 Å². The summed E-state index contributed by atoms with van der Waals surface area (Å²) in [6.45, 7) is 8.40. The number of hydrogen-bond acceptors (Lipinski definition) is 5. The minimum Gasteiger partial charge on any atom is -0.465 e. The molecular formula is C13H27NO3S. The molecule has 1 unspecified atom stereocenters. The highest BCUT2D eigenvalue weighted by atomic mass is 32.2. The monoisotopic (exact) mass is 277 g/mol. The van der Waals surface area contributed by atoms with E-state index in [4.69, 9.17) is 9.84 Å². The third-order valence-electron chi connectivity index (χ3n) is 2.53. The van der Waals surface area contributed by atoms with Gasteiger partial charge in [0.1, 0.15) is 5.54 Å². The number of ether oxygens (including phenoxy) is 1. The van der Waals surface area contributed by atoms with Gasteiger partial charge in [-0.1, -0.05) is 0 Å². The van der Waals surface area contributed by atoms with Crippen molar-refractivity contribution in [2.24, 2.45) is 0 Å². The summed E-state index contributed by atoms with van der Waals surface area (Å²) in [6.07, 6.45) is 1.68. The fraction of sp³-hybridized carbons (Fsp3) is 0.923. The molecule has 0 rings (SSSR count). The second kappa shape index (κ2) is 9.64. The van der Waals surface area contributed by atoms with Gasteiger partial charge in [0, 0.05) is 11.8 Å². The standard InChI is InChI=1S/C13H27NO3S/c1-5-17-12(16)13(4,14-11(2)3)7-6-9-18-10-8-15/h11,14-15H,5-10H2,1-4H3. The Bertz CT molecular complexity index is 236. The van der Waals surface area contributed by atoms with E-state index in [1.165, 1.54) is 0 Å². The van der Waals surface area contributed by atoms with E-state index in [9.17, 15) is 4.79 Å². The number of esters is 1. The zero-order valence-electron chi connectivity index (χ0n) is 12.0. The second-order valence-electron chi connectivity index (χ2n) is 4.79. The molecule has 0 radical (unpaired) electrons. The third kappa shape index (κ3) is 7.24. The Balaban J connectivity index is 4.25. The summed E-state index contributed by atoms with van der Waals surface area (Å²) >= 11 is 1.71. The van der Waals surface area contributed by atoms with Gasteiger partial charge < -0.3 is 9.84 Å². The zero-order valence-corrected chi connectivity index (χ0v) is 12.8. The molecule has 0 heterocycles. The molecule has 0 amide bonds. The quantitative estimate of drug-likeness (QED) is 0.471. The first-order valence-electron chi connectivity index (χ1n) is 6.59. The van der Waals surface area contributed by atoms with Crippen LogP contribution in [0.5, 0.6) is 0 Å². The molecule has 0 saturated heterocycles. The van der Waals surface area contributed by atoms with Gasteiger partial charge in [-0.3, -0.25) is 10.1 Å². The number of hydrogen-bond donors (Lipinski definition) is 2. The van der Waals surface area contributed by atoms with Crippen LogP contribution in [0.1, 0.15) is 40.5 Å². The van der Waals surface area contributed by atoms with E-state index in [2.05, 4.69) is 5.32 Å². The number of carbonyl (C=O) groups is 1. The molecule has 0 aromatic heterocycles. The van der Waals surface area contributed by atoms with E-state index in [1.54, 1.807) is 11.8 Å². The van der Waals surface area contributed by atoms with Gasteiger partial charge in [-0.05, 0) is 46.3 Å². The van der Waals surface area contributed by atoms with Crippen LogP contribution in [0, 0.1) is 0 Å². The molecular weight excluding hydrogens is 250 g/mol. The smallest absolute Gasteiger partial charge is 0.326 e. The van der Waals surface area contributed by atoms with Crippen LogP contribution in [0.15, 0.2) is 0 Å². The second-order valence-corrected chi connectivity index (χ2v) is 6.02. The Labute approximate surface area is 115 Å². The summed E-state index contributed by atoms with van der Waals surface area (Å²) in [6, 6.07) is 0.240. The van der Waals surface area contributed by atoms with Gasteiger partial charge in [-0.15, -0.1) is 0 Å². The molecule has 0 spiro atoms. The maximum absolute atomic E-state index is 12.0. The molecule has 5 heteroatoms. The van der Waals surface area contributed by atoms with Crippen LogP contribution in [-0.4, -0.2) is 47.4 Å². The van der Waals surface area contributed by atoms with Crippen LogP contribution < -0.4 is 5.32 Å².